The molecule has 2 heterocycles. The zero-order valence-electron chi connectivity index (χ0n) is 12.1. The van der Waals surface area contributed by atoms with Crippen LogP contribution in [0, 0.1) is 5.92 Å². The van der Waals surface area contributed by atoms with Gasteiger partial charge >= 0.3 is 0 Å². The number of nitrogens with zero attached hydrogens (tertiary/aromatic N) is 1. The number of hydrogen-bond donors (Lipinski definition) is 2. The first-order valence-corrected chi connectivity index (χ1v) is 9.54. The third kappa shape index (κ3) is 2.89. The van der Waals surface area contributed by atoms with Crippen LogP contribution in [-0.4, -0.2) is 54.9 Å². The lowest BCUT2D eigenvalue weighted by atomic mass is 9.72. The Morgan fingerprint density at radius 3 is 2.80 bits per heavy atom. The van der Waals surface area contributed by atoms with Gasteiger partial charge in [0, 0.05) is 25.0 Å². The van der Waals surface area contributed by atoms with Crippen molar-refractivity contribution in [3.8, 4) is 0 Å². The molecule has 3 atom stereocenters. The fourth-order valence-corrected chi connectivity index (χ4v) is 5.83. The zero-order chi connectivity index (χ0) is 14.2. The van der Waals surface area contributed by atoms with Crippen molar-refractivity contribution in [3.63, 3.8) is 0 Å². The van der Waals surface area contributed by atoms with Gasteiger partial charge in [-0.25, -0.2) is 12.7 Å². The quantitative estimate of drug-likeness (QED) is 0.805. The molecule has 116 valence electrons. The van der Waals surface area contributed by atoms with Gasteiger partial charge in [0.25, 0.3) is 0 Å². The van der Waals surface area contributed by atoms with E-state index in [4.69, 9.17) is 0 Å². The summed E-state index contributed by atoms with van der Waals surface area (Å²) in [5.74, 6) is 0.356. The fourth-order valence-electron chi connectivity index (χ4n) is 4.05. The maximum Gasteiger partial charge on any atom is 0.215 e. The molecule has 20 heavy (non-hydrogen) atoms. The number of nitrogens with one attached hydrogen (secondary N) is 1. The number of aliphatic hydroxyl groups is 1. The lowest BCUT2D eigenvalue weighted by molar-refractivity contribution is -0.0816. The molecule has 0 bridgehead atoms. The average Bonchev–Trinajstić information content (AvgIpc) is 2.89. The Hall–Kier alpha value is -0.170. The molecule has 5 nitrogen and oxygen atoms in total. The highest BCUT2D eigenvalue weighted by atomic mass is 32.2. The van der Waals surface area contributed by atoms with Crippen LogP contribution in [0.2, 0.25) is 0 Å². The molecule has 0 aromatic heterocycles. The number of fused-ring (bicyclic) bond motifs is 1. The minimum Gasteiger partial charge on any atom is -0.390 e. The fraction of sp³-hybridized carbons (Fsp3) is 1.00. The third-order valence-electron chi connectivity index (χ3n) is 5.36. The number of rotatable bonds is 3. The summed E-state index contributed by atoms with van der Waals surface area (Å²) in [4.78, 5) is 0. The zero-order valence-corrected chi connectivity index (χ0v) is 12.9. The molecular weight excluding hydrogens is 276 g/mol. The lowest BCUT2D eigenvalue weighted by Crippen LogP contribution is -2.55. The molecule has 0 radical (unpaired) electrons. The summed E-state index contributed by atoms with van der Waals surface area (Å²) in [7, 11) is -3.18. The molecule has 3 unspecified atom stereocenters. The molecular formula is C14H26N2O3S. The Balaban J connectivity index is 1.65. The summed E-state index contributed by atoms with van der Waals surface area (Å²) >= 11 is 0. The largest absolute Gasteiger partial charge is 0.390 e. The van der Waals surface area contributed by atoms with E-state index in [1.807, 2.05) is 0 Å². The molecule has 0 spiro atoms. The summed E-state index contributed by atoms with van der Waals surface area (Å²) in [6.45, 7) is 1.94. The lowest BCUT2D eigenvalue weighted by Gasteiger charge is -2.47. The number of sulfonamides is 1. The summed E-state index contributed by atoms with van der Waals surface area (Å²) in [5, 5.41) is 13.9. The molecule has 2 saturated heterocycles. The van der Waals surface area contributed by atoms with E-state index in [2.05, 4.69) is 5.32 Å². The van der Waals surface area contributed by atoms with Crippen molar-refractivity contribution >= 4 is 10.0 Å². The van der Waals surface area contributed by atoms with Gasteiger partial charge < -0.3 is 10.4 Å². The highest BCUT2D eigenvalue weighted by Crippen LogP contribution is 2.40. The summed E-state index contributed by atoms with van der Waals surface area (Å²) in [5.41, 5.74) is -0.601. The van der Waals surface area contributed by atoms with Gasteiger partial charge in [-0.1, -0.05) is 12.8 Å². The van der Waals surface area contributed by atoms with Gasteiger partial charge in [-0.05, 0) is 38.6 Å². The predicted molar refractivity (Wildman–Crippen MR) is 77.9 cm³/mol. The minimum absolute atomic E-state index is 0.118. The number of piperidine rings is 1. The smallest absolute Gasteiger partial charge is 0.215 e. The third-order valence-corrected chi connectivity index (χ3v) is 7.30. The first kappa shape index (κ1) is 14.8. The van der Waals surface area contributed by atoms with Gasteiger partial charge in [0.15, 0.2) is 0 Å². The van der Waals surface area contributed by atoms with Gasteiger partial charge in [0.2, 0.25) is 10.0 Å². The summed E-state index contributed by atoms with van der Waals surface area (Å²) in [6.07, 6.45) is 6.63. The predicted octanol–water partition coefficient (Wildman–Crippen LogP) is 0.695. The first-order chi connectivity index (χ1) is 9.50. The Labute approximate surface area is 121 Å². The van der Waals surface area contributed by atoms with Crippen LogP contribution in [0.1, 0.15) is 44.9 Å². The van der Waals surface area contributed by atoms with Crippen molar-refractivity contribution in [1.82, 2.24) is 9.62 Å². The molecule has 0 amide bonds. The van der Waals surface area contributed by atoms with E-state index in [0.29, 0.717) is 19.5 Å². The molecule has 3 aliphatic rings. The maximum atomic E-state index is 12.5. The van der Waals surface area contributed by atoms with Crippen LogP contribution in [0.5, 0.6) is 0 Å². The van der Waals surface area contributed by atoms with Crippen LogP contribution in [0.4, 0.5) is 0 Å². The van der Waals surface area contributed by atoms with Crippen molar-refractivity contribution in [2.24, 2.45) is 5.92 Å². The van der Waals surface area contributed by atoms with E-state index in [9.17, 15) is 13.5 Å². The molecule has 1 saturated carbocycles. The van der Waals surface area contributed by atoms with Crippen LogP contribution >= 0.6 is 0 Å². The van der Waals surface area contributed by atoms with Crippen LogP contribution < -0.4 is 5.32 Å². The molecule has 3 rings (SSSR count). The minimum atomic E-state index is -3.18. The highest BCUT2D eigenvalue weighted by Gasteiger charge is 2.45. The monoisotopic (exact) mass is 302 g/mol. The summed E-state index contributed by atoms with van der Waals surface area (Å²) in [6, 6.07) is 0.118. The van der Waals surface area contributed by atoms with Crippen LogP contribution in [0.25, 0.3) is 0 Å². The van der Waals surface area contributed by atoms with Crippen molar-refractivity contribution in [2.45, 2.75) is 56.6 Å². The average molecular weight is 302 g/mol. The van der Waals surface area contributed by atoms with E-state index in [0.717, 1.165) is 45.1 Å². The summed E-state index contributed by atoms with van der Waals surface area (Å²) < 4.78 is 26.7. The van der Waals surface area contributed by atoms with Gasteiger partial charge in [0.1, 0.15) is 0 Å². The van der Waals surface area contributed by atoms with Crippen LogP contribution in [-0.2, 0) is 10.0 Å². The van der Waals surface area contributed by atoms with E-state index < -0.39 is 15.6 Å². The van der Waals surface area contributed by atoms with E-state index >= 15 is 0 Å². The van der Waals surface area contributed by atoms with Crippen molar-refractivity contribution in [1.29, 1.82) is 0 Å². The molecule has 1 aliphatic carbocycles. The van der Waals surface area contributed by atoms with Crippen LogP contribution in [0.3, 0.4) is 0 Å². The van der Waals surface area contributed by atoms with Gasteiger partial charge in [-0.3, -0.25) is 0 Å². The SMILES string of the molecule is O=S(=O)(CC1CCCN1)N1CCC2(O)CCCCC2C1. The molecule has 2 aliphatic heterocycles. The van der Waals surface area contributed by atoms with Gasteiger partial charge in [-0.2, -0.15) is 0 Å². The molecule has 0 aromatic rings. The van der Waals surface area contributed by atoms with E-state index in [1.165, 1.54) is 0 Å². The van der Waals surface area contributed by atoms with Gasteiger partial charge in [-0.15, -0.1) is 0 Å². The Morgan fingerprint density at radius 1 is 1.20 bits per heavy atom. The molecule has 2 N–H and O–H groups in total. The molecule has 6 heteroatoms. The van der Waals surface area contributed by atoms with Crippen LogP contribution in [0.15, 0.2) is 0 Å². The molecule has 0 aromatic carbocycles. The van der Waals surface area contributed by atoms with E-state index in [-0.39, 0.29) is 17.7 Å². The standard InChI is InChI=1S/C14H26N2O3S/c17-14-6-2-1-4-12(14)10-16(9-7-14)20(18,19)11-13-5-3-8-15-13/h12-13,15,17H,1-11H2. The number of hydrogen-bond acceptors (Lipinski definition) is 4. The Bertz CT molecular complexity index is 447. The topological polar surface area (TPSA) is 69.6 Å². The Morgan fingerprint density at radius 2 is 2.05 bits per heavy atom. The molecule has 3 fully saturated rings. The van der Waals surface area contributed by atoms with Crippen molar-refractivity contribution in [3.05, 3.63) is 0 Å². The van der Waals surface area contributed by atoms with E-state index in [1.54, 1.807) is 4.31 Å². The normalized spacial score (nSPS) is 39.6. The second kappa shape index (κ2) is 5.55. The Kier molecular flexibility index (Phi) is 4.10. The first-order valence-electron chi connectivity index (χ1n) is 7.93. The van der Waals surface area contributed by atoms with Gasteiger partial charge in [0.05, 0.1) is 11.4 Å². The second-order valence-electron chi connectivity index (χ2n) is 6.73. The highest BCUT2D eigenvalue weighted by molar-refractivity contribution is 7.89. The second-order valence-corrected chi connectivity index (χ2v) is 8.74. The van der Waals surface area contributed by atoms with Crippen molar-refractivity contribution in [2.75, 3.05) is 25.4 Å². The maximum absolute atomic E-state index is 12.5. The van der Waals surface area contributed by atoms with Crippen molar-refractivity contribution < 1.29 is 13.5 Å².